The Hall–Kier alpha value is -2.08. The molecule has 0 atom stereocenters. The molecule has 0 fully saturated rings. The molecule has 1 aromatic heterocycles. The van der Waals surface area contributed by atoms with Gasteiger partial charge in [0.1, 0.15) is 5.75 Å². The number of aromatic nitrogens is 1. The minimum Gasteiger partial charge on any atom is -0.406 e. The minimum absolute atomic E-state index is 0.250. The van der Waals surface area contributed by atoms with E-state index in [0.717, 1.165) is 16.7 Å². The van der Waals surface area contributed by atoms with E-state index in [1.54, 1.807) is 30.6 Å². The van der Waals surface area contributed by atoms with Gasteiger partial charge in [-0.15, -0.1) is 13.2 Å². The first kappa shape index (κ1) is 13.4. The highest BCUT2D eigenvalue weighted by atomic mass is 19.4. The van der Waals surface area contributed by atoms with Crippen LogP contribution in [-0.2, 0) is 6.54 Å². The number of halogens is 3. The Morgan fingerprint density at radius 2 is 1.79 bits per heavy atom. The van der Waals surface area contributed by atoms with Crippen molar-refractivity contribution >= 4 is 0 Å². The maximum Gasteiger partial charge on any atom is 0.573 e. The molecule has 19 heavy (non-hydrogen) atoms. The van der Waals surface area contributed by atoms with Gasteiger partial charge in [-0.2, -0.15) is 0 Å². The van der Waals surface area contributed by atoms with Crippen LogP contribution in [0.25, 0.3) is 11.1 Å². The largest absolute Gasteiger partial charge is 0.573 e. The van der Waals surface area contributed by atoms with E-state index in [2.05, 4.69) is 9.72 Å². The number of alkyl halides is 3. The van der Waals surface area contributed by atoms with Gasteiger partial charge < -0.3 is 10.5 Å². The van der Waals surface area contributed by atoms with E-state index in [1.165, 1.54) is 12.1 Å². The first-order valence-corrected chi connectivity index (χ1v) is 5.49. The average molecular weight is 268 g/mol. The lowest BCUT2D eigenvalue weighted by Crippen LogP contribution is -2.16. The maximum absolute atomic E-state index is 12.0. The highest BCUT2D eigenvalue weighted by molar-refractivity contribution is 5.67. The van der Waals surface area contributed by atoms with Gasteiger partial charge in [0, 0.05) is 18.9 Å². The van der Waals surface area contributed by atoms with Crippen LogP contribution >= 0.6 is 0 Å². The predicted octanol–water partition coefficient (Wildman–Crippen LogP) is 3.11. The van der Waals surface area contributed by atoms with Crippen molar-refractivity contribution in [1.29, 1.82) is 0 Å². The molecule has 0 saturated heterocycles. The maximum atomic E-state index is 12.0. The van der Waals surface area contributed by atoms with Gasteiger partial charge in [-0.1, -0.05) is 12.1 Å². The molecular weight excluding hydrogens is 257 g/mol. The van der Waals surface area contributed by atoms with Crippen LogP contribution in [0.15, 0.2) is 42.7 Å². The summed E-state index contributed by atoms with van der Waals surface area (Å²) in [4.78, 5) is 3.95. The molecule has 0 aliphatic rings. The standard InChI is InChI=1S/C13H11F3N2O/c14-13(15,16)19-11-3-1-9(2-4-11)12-5-6-18-8-10(12)7-17/h1-6,8H,7,17H2. The van der Waals surface area contributed by atoms with Crippen LogP contribution in [0.3, 0.4) is 0 Å². The molecule has 0 aliphatic heterocycles. The highest BCUT2D eigenvalue weighted by Gasteiger charge is 2.30. The van der Waals surface area contributed by atoms with Crippen molar-refractivity contribution in [3.05, 3.63) is 48.3 Å². The molecule has 6 heteroatoms. The summed E-state index contributed by atoms with van der Waals surface area (Å²) >= 11 is 0. The highest BCUT2D eigenvalue weighted by Crippen LogP contribution is 2.27. The lowest BCUT2D eigenvalue weighted by Gasteiger charge is -2.10. The molecule has 0 saturated carbocycles. The monoisotopic (exact) mass is 268 g/mol. The Labute approximate surface area is 107 Å². The van der Waals surface area contributed by atoms with Gasteiger partial charge >= 0.3 is 6.36 Å². The Morgan fingerprint density at radius 1 is 1.11 bits per heavy atom. The van der Waals surface area contributed by atoms with Crippen LogP contribution in [0, 0.1) is 0 Å². The number of benzene rings is 1. The van der Waals surface area contributed by atoms with E-state index >= 15 is 0 Å². The van der Waals surface area contributed by atoms with Gasteiger partial charge in [0.2, 0.25) is 0 Å². The van der Waals surface area contributed by atoms with Crippen LogP contribution in [0.5, 0.6) is 5.75 Å². The molecule has 2 N–H and O–H groups in total. The number of ether oxygens (including phenoxy) is 1. The summed E-state index contributed by atoms with van der Waals surface area (Å²) in [6, 6.07) is 7.40. The molecule has 0 aliphatic carbocycles. The fraction of sp³-hybridized carbons (Fsp3) is 0.154. The Bertz CT molecular complexity index is 553. The lowest BCUT2D eigenvalue weighted by atomic mass is 10.0. The molecule has 1 heterocycles. The second-order valence-electron chi connectivity index (χ2n) is 3.81. The number of rotatable bonds is 3. The average Bonchev–Trinajstić information content (AvgIpc) is 2.38. The number of nitrogens with two attached hydrogens (primary N) is 1. The molecule has 3 nitrogen and oxygen atoms in total. The summed E-state index contributed by atoms with van der Waals surface area (Å²) in [7, 11) is 0. The van der Waals surface area contributed by atoms with Gasteiger partial charge in [0.15, 0.2) is 0 Å². The quantitative estimate of drug-likeness (QED) is 0.930. The minimum atomic E-state index is -4.68. The van der Waals surface area contributed by atoms with Gasteiger partial charge in [-0.3, -0.25) is 4.98 Å². The number of hydrogen-bond acceptors (Lipinski definition) is 3. The van der Waals surface area contributed by atoms with Crippen LogP contribution in [0.2, 0.25) is 0 Å². The first-order chi connectivity index (χ1) is 8.99. The van der Waals surface area contributed by atoms with Crippen LogP contribution in [-0.4, -0.2) is 11.3 Å². The van der Waals surface area contributed by atoms with Crippen molar-refractivity contribution in [2.45, 2.75) is 12.9 Å². The molecule has 0 spiro atoms. The number of nitrogens with zero attached hydrogens (tertiary/aromatic N) is 1. The number of hydrogen-bond donors (Lipinski definition) is 1. The van der Waals surface area contributed by atoms with Crippen molar-refractivity contribution < 1.29 is 17.9 Å². The topological polar surface area (TPSA) is 48.1 Å². The number of pyridine rings is 1. The van der Waals surface area contributed by atoms with E-state index < -0.39 is 6.36 Å². The molecular formula is C13H11F3N2O. The molecule has 2 aromatic rings. The zero-order valence-corrected chi connectivity index (χ0v) is 9.82. The van der Waals surface area contributed by atoms with E-state index in [1.807, 2.05) is 0 Å². The van der Waals surface area contributed by atoms with Gasteiger partial charge in [-0.25, -0.2) is 0 Å². The van der Waals surface area contributed by atoms with E-state index in [-0.39, 0.29) is 5.75 Å². The fourth-order valence-electron chi connectivity index (χ4n) is 1.71. The summed E-state index contributed by atoms with van der Waals surface area (Å²) in [5.74, 6) is -0.250. The Morgan fingerprint density at radius 3 is 2.37 bits per heavy atom. The first-order valence-electron chi connectivity index (χ1n) is 5.49. The van der Waals surface area contributed by atoms with Crippen LogP contribution in [0.1, 0.15) is 5.56 Å². The lowest BCUT2D eigenvalue weighted by molar-refractivity contribution is -0.274. The molecule has 1 aromatic carbocycles. The van der Waals surface area contributed by atoms with Crippen molar-refractivity contribution in [1.82, 2.24) is 4.98 Å². The fourth-order valence-corrected chi connectivity index (χ4v) is 1.71. The van der Waals surface area contributed by atoms with Crippen molar-refractivity contribution in [2.24, 2.45) is 5.73 Å². The molecule has 2 rings (SSSR count). The third kappa shape index (κ3) is 3.45. The molecule has 0 bridgehead atoms. The second-order valence-corrected chi connectivity index (χ2v) is 3.81. The zero-order chi connectivity index (χ0) is 13.9. The Kier molecular flexibility index (Phi) is 3.71. The summed E-state index contributed by atoms with van der Waals surface area (Å²) in [6.45, 7) is 0.309. The molecule has 0 radical (unpaired) electrons. The smallest absolute Gasteiger partial charge is 0.406 e. The summed E-state index contributed by atoms with van der Waals surface area (Å²) in [6.07, 6.45) is -1.44. The second kappa shape index (κ2) is 5.27. The van der Waals surface area contributed by atoms with Crippen LogP contribution in [0.4, 0.5) is 13.2 Å². The van der Waals surface area contributed by atoms with Gasteiger partial charge in [0.05, 0.1) is 0 Å². The van der Waals surface area contributed by atoms with E-state index in [9.17, 15) is 13.2 Å². The van der Waals surface area contributed by atoms with Crippen LogP contribution < -0.4 is 10.5 Å². The van der Waals surface area contributed by atoms with Crippen molar-refractivity contribution in [3.8, 4) is 16.9 Å². The van der Waals surface area contributed by atoms with Gasteiger partial charge in [0.25, 0.3) is 0 Å². The van der Waals surface area contributed by atoms with Gasteiger partial charge in [-0.05, 0) is 34.9 Å². The van der Waals surface area contributed by atoms with E-state index in [4.69, 9.17) is 5.73 Å². The van der Waals surface area contributed by atoms with E-state index in [0.29, 0.717) is 6.54 Å². The zero-order valence-electron chi connectivity index (χ0n) is 9.82. The van der Waals surface area contributed by atoms with Crippen molar-refractivity contribution in [3.63, 3.8) is 0 Å². The summed E-state index contributed by atoms with van der Waals surface area (Å²) in [5.41, 5.74) is 8.02. The SMILES string of the molecule is NCc1cnccc1-c1ccc(OC(F)(F)F)cc1. The summed E-state index contributed by atoms with van der Waals surface area (Å²) in [5, 5.41) is 0. The summed E-state index contributed by atoms with van der Waals surface area (Å²) < 4.78 is 39.9. The molecule has 0 amide bonds. The molecule has 0 unspecified atom stereocenters. The normalized spacial score (nSPS) is 11.4. The third-order valence-electron chi connectivity index (χ3n) is 2.52. The predicted molar refractivity (Wildman–Crippen MR) is 64.2 cm³/mol. The molecule has 100 valence electrons. The van der Waals surface area contributed by atoms with Crippen molar-refractivity contribution in [2.75, 3.05) is 0 Å². The third-order valence-corrected chi connectivity index (χ3v) is 2.52. The Balaban J connectivity index is 2.27.